The van der Waals surface area contributed by atoms with E-state index in [0.29, 0.717) is 0 Å². The predicted molar refractivity (Wildman–Crippen MR) is 95.8 cm³/mol. The van der Waals surface area contributed by atoms with E-state index in [9.17, 15) is 0 Å². The molecule has 0 aliphatic carbocycles. The Bertz CT molecular complexity index is 827. The summed E-state index contributed by atoms with van der Waals surface area (Å²) < 4.78 is 1.19. The fourth-order valence-corrected chi connectivity index (χ4v) is 4.01. The first kappa shape index (κ1) is 14.7. The van der Waals surface area contributed by atoms with Gasteiger partial charge in [-0.15, -0.1) is 0 Å². The average molecular weight is 346 g/mol. The van der Waals surface area contributed by atoms with Gasteiger partial charge in [0.1, 0.15) is 0 Å². The number of hydrogen-bond acceptors (Lipinski definition) is 6. The highest BCUT2D eigenvalue weighted by molar-refractivity contribution is 7.22. The fourth-order valence-electron chi connectivity index (χ4n) is 2.78. The van der Waals surface area contributed by atoms with Crippen LogP contribution in [0.15, 0.2) is 30.6 Å². The van der Waals surface area contributed by atoms with Gasteiger partial charge in [-0.1, -0.05) is 22.9 Å². The second-order valence-electron chi connectivity index (χ2n) is 5.54. The third kappa shape index (κ3) is 2.72. The highest BCUT2D eigenvalue weighted by Gasteiger charge is 2.21. The van der Waals surface area contributed by atoms with Gasteiger partial charge in [0.25, 0.3) is 0 Å². The molecule has 4 rings (SSSR count). The molecule has 0 saturated carbocycles. The van der Waals surface area contributed by atoms with Crippen molar-refractivity contribution in [1.82, 2.24) is 15.0 Å². The van der Waals surface area contributed by atoms with E-state index in [1.165, 1.54) is 4.70 Å². The molecular weight excluding hydrogens is 330 g/mol. The molecule has 1 aromatic carbocycles. The maximum atomic E-state index is 6.20. The second kappa shape index (κ2) is 5.94. The molecule has 23 heavy (non-hydrogen) atoms. The zero-order valence-electron chi connectivity index (χ0n) is 12.7. The zero-order chi connectivity index (χ0) is 15.8. The minimum Gasteiger partial charge on any atom is -0.345 e. The van der Waals surface area contributed by atoms with Gasteiger partial charge < -0.3 is 9.80 Å². The lowest BCUT2D eigenvalue weighted by Crippen LogP contribution is -2.47. The van der Waals surface area contributed by atoms with Gasteiger partial charge in [0.05, 0.1) is 10.2 Å². The number of fused-ring (bicyclic) bond motifs is 1. The Balaban J connectivity index is 1.53. The monoisotopic (exact) mass is 345 g/mol. The number of nitrogens with zero attached hydrogens (tertiary/aromatic N) is 5. The molecule has 0 spiro atoms. The van der Waals surface area contributed by atoms with Crippen molar-refractivity contribution >= 4 is 44.2 Å². The molecule has 1 fully saturated rings. The maximum absolute atomic E-state index is 6.20. The van der Waals surface area contributed by atoms with E-state index in [1.54, 1.807) is 23.7 Å². The Labute approximate surface area is 143 Å². The molecule has 1 aliphatic rings. The van der Waals surface area contributed by atoms with Gasteiger partial charge in [-0.2, -0.15) is 0 Å². The van der Waals surface area contributed by atoms with Crippen molar-refractivity contribution in [3.63, 3.8) is 0 Å². The number of aryl methyl sites for hydroxylation is 1. The van der Waals surface area contributed by atoms with Crippen LogP contribution in [-0.4, -0.2) is 41.1 Å². The standard InChI is InChI=1S/C16H16ClN5S/c1-11-12(17)3-4-13-14(11)20-16(23-13)22-9-7-21(8-10-22)15-18-5-2-6-19-15/h2-6H,7-10H2,1H3. The molecule has 3 heterocycles. The van der Waals surface area contributed by atoms with E-state index in [4.69, 9.17) is 16.6 Å². The zero-order valence-corrected chi connectivity index (χ0v) is 14.3. The molecule has 7 heteroatoms. The minimum absolute atomic E-state index is 0.778. The first-order valence-electron chi connectivity index (χ1n) is 7.55. The number of piperazine rings is 1. The topological polar surface area (TPSA) is 45.2 Å². The van der Waals surface area contributed by atoms with E-state index in [0.717, 1.165) is 53.4 Å². The lowest BCUT2D eigenvalue weighted by atomic mass is 10.2. The Kier molecular flexibility index (Phi) is 3.79. The van der Waals surface area contributed by atoms with Crippen molar-refractivity contribution < 1.29 is 0 Å². The van der Waals surface area contributed by atoms with E-state index in [2.05, 4.69) is 25.8 Å². The van der Waals surface area contributed by atoms with Gasteiger partial charge in [-0.25, -0.2) is 15.0 Å². The van der Waals surface area contributed by atoms with Crippen LogP contribution < -0.4 is 9.80 Å². The van der Waals surface area contributed by atoms with Crippen LogP contribution in [0.5, 0.6) is 0 Å². The summed E-state index contributed by atoms with van der Waals surface area (Å²) in [5, 5.41) is 1.85. The molecule has 2 aromatic heterocycles. The summed E-state index contributed by atoms with van der Waals surface area (Å²) in [7, 11) is 0. The van der Waals surface area contributed by atoms with Gasteiger partial charge >= 0.3 is 0 Å². The van der Waals surface area contributed by atoms with Crippen LogP contribution in [0.1, 0.15) is 5.56 Å². The van der Waals surface area contributed by atoms with Crippen LogP contribution in [0.4, 0.5) is 11.1 Å². The molecule has 0 unspecified atom stereocenters. The van der Waals surface area contributed by atoms with E-state index in [1.807, 2.05) is 19.1 Å². The average Bonchev–Trinajstić information content (AvgIpc) is 3.04. The predicted octanol–water partition coefficient (Wildman–Crippen LogP) is 3.37. The van der Waals surface area contributed by atoms with Crippen LogP contribution in [0.2, 0.25) is 5.02 Å². The van der Waals surface area contributed by atoms with Crippen LogP contribution in [0.25, 0.3) is 10.2 Å². The smallest absolute Gasteiger partial charge is 0.225 e. The Morgan fingerprint density at radius 1 is 1.04 bits per heavy atom. The number of benzene rings is 1. The third-order valence-electron chi connectivity index (χ3n) is 4.12. The quantitative estimate of drug-likeness (QED) is 0.712. The lowest BCUT2D eigenvalue weighted by molar-refractivity contribution is 0.639. The fraction of sp³-hybridized carbons (Fsp3) is 0.312. The summed E-state index contributed by atoms with van der Waals surface area (Å²) in [4.78, 5) is 18.0. The largest absolute Gasteiger partial charge is 0.345 e. The molecule has 0 radical (unpaired) electrons. The summed E-state index contributed by atoms with van der Waals surface area (Å²) in [6.07, 6.45) is 3.57. The molecule has 118 valence electrons. The van der Waals surface area contributed by atoms with Gasteiger partial charge in [-0.05, 0) is 30.7 Å². The Hall–Kier alpha value is -1.92. The van der Waals surface area contributed by atoms with Gasteiger partial charge in [0, 0.05) is 43.6 Å². The van der Waals surface area contributed by atoms with E-state index in [-0.39, 0.29) is 0 Å². The number of anilines is 2. The van der Waals surface area contributed by atoms with Crippen LogP contribution >= 0.6 is 22.9 Å². The van der Waals surface area contributed by atoms with Gasteiger partial charge in [0.2, 0.25) is 5.95 Å². The highest BCUT2D eigenvalue weighted by atomic mass is 35.5. The van der Waals surface area contributed by atoms with Crippen molar-refractivity contribution in [1.29, 1.82) is 0 Å². The van der Waals surface area contributed by atoms with Gasteiger partial charge in [-0.3, -0.25) is 0 Å². The van der Waals surface area contributed by atoms with Crippen LogP contribution in [0, 0.1) is 6.92 Å². The summed E-state index contributed by atoms with van der Waals surface area (Å²) in [5.74, 6) is 0.805. The number of aromatic nitrogens is 3. The highest BCUT2D eigenvalue weighted by Crippen LogP contribution is 2.33. The first-order chi connectivity index (χ1) is 11.2. The SMILES string of the molecule is Cc1c(Cl)ccc2sc(N3CCN(c4ncccn4)CC3)nc12. The molecule has 1 aliphatic heterocycles. The molecule has 5 nitrogen and oxygen atoms in total. The summed E-state index contributed by atoms with van der Waals surface area (Å²) in [6.45, 7) is 5.67. The Morgan fingerprint density at radius 3 is 2.48 bits per heavy atom. The number of halogens is 1. The van der Waals surface area contributed by atoms with Crippen molar-refractivity contribution in [2.24, 2.45) is 0 Å². The maximum Gasteiger partial charge on any atom is 0.225 e. The number of thiazole rings is 1. The summed E-state index contributed by atoms with van der Waals surface area (Å²) >= 11 is 7.93. The van der Waals surface area contributed by atoms with Crippen molar-refractivity contribution in [2.75, 3.05) is 36.0 Å². The van der Waals surface area contributed by atoms with Crippen LogP contribution in [-0.2, 0) is 0 Å². The second-order valence-corrected chi connectivity index (χ2v) is 6.95. The van der Waals surface area contributed by atoms with Crippen molar-refractivity contribution in [2.45, 2.75) is 6.92 Å². The van der Waals surface area contributed by atoms with E-state index >= 15 is 0 Å². The normalized spacial score (nSPS) is 15.4. The van der Waals surface area contributed by atoms with Crippen LogP contribution in [0.3, 0.4) is 0 Å². The van der Waals surface area contributed by atoms with E-state index < -0.39 is 0 Å². The molecule has 0 bridgehead atoms. The van der Waals surface area contributed by atoms with Gasteiger partial charge in [0.15, 0.2) is 5.13 Å². The molecule has 1 saturated heterocycles. The third-order valence-corrected chi connectivity index (χ3v) is 5.61. The molecule has 0 N–H and O–H groups in total. The summed E-state index contributed by atoms with van der Waals surface area (Å²) in [5.41, 5.74) is 2.08. The van der Waals surface area contributed by atoms with Crippen molar-refractivity contribution in [3.8, 4) is 0 Å². The lowest BCUT2D eigenvalue weighted by Gasteiger charge is -2.34. The Morgan fingerprint density at radius 2 is 1.74 bits per heavy atom. The molecule has 0 amide bonds. The molecular formula is C16H16ClN5S. The summed E-state index contributed by atoms with van der Waals surface area (Å²) in [6, 6.07) is 5.85. The number of hydrogen-bond donors (Lipinski definition) is 0. The van der Waals surface area contributed by atoms with Crippen molar-refractivity contribution in [3.05, 3.63) is 41.2 Å². The number of rotatable bonds is 2. The first-order valence-corrected chi connectivity index (χ1v) is 8.74. The molecule has 0 atom stereocenters. The minimum atomic E-state index is 0.778. The molecule has 3 aromatic rings.